The maximum atomic E-state index is 12.0. The highest BCUT2D eigenvalue weighted by molar-refractivity contribution is 5.88. The van der Waals surface area contributed by atoms with Crippen LogP contribution in [0.5, 0.6) is 0 Å². The van der Waals surface area contributed by atoms with Gasteiger partial charge in [0, 0.05) is 29.2 Å². The number of benzene rings is 1. The highest BCUT2D eigenvalue weighted by Gasteiger charge is 2.08. The molecule has 2 heterocycles. The van der Waals surface area contributed by atoms with Crippen LogP contribution in [0.3, 0.4) is 0 Å². The Bertz CT molecular complexity index is 716. The fourth-order valence-electron chi connectivity index (χ4n) is 2.38. The average molecular weight is 283 g/mol. The van der Waals surface area contributed by atoms with Crippen molar-refractivity contribution in [3.63, 3.8) is 0 Å². The van der Waals surface area contributed by atoms with Crippen LogP contribution in [0.15, 0.2) is 47.4 Å². The normalized spacial score (nSPS) is 10.9. The van der Waals surface area contributed by atoms with Crippen LogP contribution in [0.1, 0.15) is 17.5 Å². The van der Waals surface area contributed by atoms with E-state index in [2.05, 4.69) is 15.5 Å². The second-order valence-corrected chi connectivity index (χ2v) is 5.02. The van der Waals surface area contributed by atoms with E-state index < -0.39 is 0 Å². The molecule has 0 bridgehead atoms. The summed E-state index contributed by atoms with van der Waals surface area (Å²) in [6.07, 6.45) is 7.37. The minimum Gasteiger partial charge on any atom is -0.364 e. The molecule has 0 saturated carbocycles. The Morgan fingerprint density at radius 2 is 2.24 bits per heavy atom. The van der Waals surface area contributed by atoms with Crippen molar-refractivity contribution in [2.45, 2.75) is 19.3 Å². The molecule has 0 aliphatic carbocycles. The van der Waals surface area contributed by atoms with Gasteiger partial charge in [-0.1, -0.05) is 23.4 Å². The van der Waals surface area contributed by atoms with Crippen LogP contribution < -0.4 is 5.32 Å². The molecule has 21 heavy (non-hydrogen) atoms. The van der Waals surface area contributed by atoms with Gasteiger partial charge in [-0.15, -0.1) is 0 Å². The maximum Gasteiger partial charge on any atom is 0.224 e. The third-order valence-corrected chi connectivity index (χ3v) is 3.47. The molecule has 0 atom stereocenters. The Balaban J connectivity index is 1.48. The first kappa shape index (κ1) is 13.4. The van der Waals surface area contributed by atoms with Crippen molar-refractivity contribution in [2.24, 2.45) is 0 Å². The van der Waals surface area contributed by atoms with E-state index in [0.29, 0.717) is 13.0 Å². The molecular formula is C16H17N3O2. The SMILES string of the molecule is O=C(Cc1c[nH]c2ccccc12)NCCCc1cnoc1. The van der Waals surface area contributed by atoms with Gasteiger partial charge in [0.2, 0.25) is 5.91 Å². The molecule has 0 saturated heterocycles. The zero-order valence-electron chi connectivity index (χ0n) is 11.6. The number of amides is 1. The molecule has 3 rings (SSSR count). The van der Waals surface area contributed by atoms with E-state index in [1.165, 1.54) is 0 Å². The zero-order valence-corrected chi connectivity index (χ0v) is 11.6. The van der Waals surface area contributed by atoms with E-state index in [1.54, 1.807) is 12.5 Å². The first-order chi connectivity index (χ1) is 10.3. The zero-order chi connectivity index (χ0) is 14.5. The summed E-state index contributed by atoms with van der Waals surface area (Å²) >= 11 is 0. The van der Waals surface area contributed by atoms with Crippen molar-refractivity contribution in [1.29, 1.82) is 0 Å². The number of fused-ring (bicyclic) bond motifs is 1. The number of para-hydroxylation sites is 1. The molecule has 1 aromatic carbocycles. The number of nitrogens with zero attached hydrogens (tertiary/aromatic N) is 1. The summed E-state index contributed by atoms with van der Waals surface area (Å²) in [5.74, 6) is 0.0464. The lowest BCUT2D eigenvalue weighted by Gasteiger charge is -2.04. The molecule has 1 amide bonds. The maximum absolute atomic E-state index is 12.0. The fourth-order valence-corrected chi connectivity index (χ4v) is 2.38. The summed E-state index contributed by atoms with van der Waals surface area (Å²) in [5, 5.41) is 7.70. The Kier molecular flexibility index (Phi) is 4.00. The first-order valence-corrected chi connectivity index (χ1v) is 7.03. The number of nitrogens with one attached hydrogen (secondary N) is 2. The Hall–Kier alpha value is -2.56. The second kappa shape index (κ2) is 6.26. The van der Waals surface area contributed by atoms with E-state index in [1.807, 2.05) is 30.5 Å². The van der Waals surface area contributed by atoms with Gasteiger partial charge in [0.15, 0.2) is 0 Å². The van der Waals surface area contributed by atoms with Gasteiger partial charge in [-0.25, -0.2) is 0 Å². The van der Waals surface area contributed by atoms with E-state index in [4.69, 9.17) is 4.52 Å². The van der Waals surface area contributed by atoms with Crippen molar-refractivity contribution >= 4 is 16.8 Å². The summed E-state index contributed by atoms with van der Waals surface area (Å²) in [5.41, 5.74) is 3.15. The van der Waals surface area contributed by atoms with Crippen molar-refractivity contribution in [1.82, 2.24) is 15.5 Å². The van der Waals surface area contributed by atoms with Crippen LogP contribution in [0.2, 0.25) is 0 Å². The molecular weight excluding hydrogens is 266 g/mol. The molecule has 5 nitrogen and oxygen atoms in total. The van der Waals surface area contributed by atoms with Gasteiger partial charge < -0.3 is 14.8 Å². The number of aromatic amines is 1. The second-order valence-electron chi connectivity index (χ2n) is 5.02. The number of hydrogen-bond acceptors (Lipinski definition) is 3. The van der Waals surface area contributed by atoms with Crippen LogP contribution in [-0.4, -0.2) is 22.6 Å². The third kappa shape index (κ3) is 3.31. The average Bonchev–Trinajstić information content (AvgIpc) is 3.14. The quantitative estimate of drug-likeness (QED) is 0.683. The summed E-state index contributed by atoms with van der Waals surface area (Å²) in [7, 11) is 0. The van der Waals surface area contributed by atoms with Gasteiger partial charge >= 0.3 is 0 Å². The predicted octanol–water partition coefficient (Wildman–Crippen LogP) is 2.45. The molecule has 0 radical (unpaired) electrons. The Morgan fingerprint density at radius 1 is 1.33 bits per heavy atom. The number of carbonyl (C=O) groups excluding carboxylic acids is 1. The monoisotopic (exact) mass is 283 g/mol. The topological polar surface area (TPSA) is 70.9 Å². The predicted molar refractivity (Wildman–Crippen MR) is 79.8 cm³/mol. The van der Waals surface area contributed by atoms with E-state index in [0.717, 1.165) is 34.9 Å². The minimum absolute atomic E-state index is 0.0464. The number of aromatic nitrogens is 2. The molecule has 0 aliphatic rings. The van der Waals surface area contributed by atoms with Crippen molar-refractivity contribution in [3.8, 4) is 0 Å². The largest absolute Gasteiger partial charge is 0.364 e. The highest BCUT2D eigenvalue weighted by Crippen LogP contribution is 2.17. The Morgan fingerprint density at radius 3 is 3.10 bits per heavy atom. The van der Waals surface area contributed by atoms with Gasteiger partial charge in [0.1, 0.15) is 6.26 Å². The molecule has 108 valence electrons. The number of rotatable bonds is 6. The molecule has 0 aliphatic heterocycles. The van der Waals surface area contributed by atoms with Gasteiger partial charge in [0.25, 0.3) is 0 Å². The first-order valence-electron chi connectivity index (χ1n) is 7.03. The van der Waals surface area contributed by atoms with Gasteiger partial charge in [-0.2, -0.15) is 0 Å². The lowest BCUT2D eigenvalue weighted by atomic mass is 10.1. The summed E-state index contributed by atoms with van der Waals surface area (Å²) in [4.78, 5) is 15.1. The van der Waals surface area contributed by atoms with Crippen LogP contribution in [-0.2, 0) is 17.6 Å². The van der Waals surface area contributed by atoms with E-state index in [9.17, 15) is 4.79 Å². The standard InChI is InChI=1S/C16H17N3O2/c20-16(17-7-3-4-12-9-19-21-11-12)8-13-10-18-15-6-2-1-5-14(13)15/h1-2,5-6,9-11,18H,3-4,7-8H2,(H,17,20). The van der Waals surface area contributed by atoms with Crippen LogP contribution in [0, 0.1) is 0 Å². The molecule has 5 heteroatoms. The summed E-state index contributed by atoms with van der Waals surface area (Å²) < 4.78 is 4.76. The minimum atomic E-state index is 0.0464. The molecule has 0 fully saturated rings. The third-order valence-electron chi connectivity index (χ3n) is 3.47. The number of H-pyrrole nitrogens is 1. The van der Waals surface area contributed by atoms with Crippen LogP contribution in [0.25, 0.3) is 10.9 Å². The molecule has 3 aromatic rings. The fraction of sp³-hybridized carbons (Fsp3) is 0.250. The van der Waals surface area contributed by atoms with Gasteiger partial charge in [-0.05, 0) is 24.5 Å². The van der Waals surface area contributed by atoms with Crippen LogP contribution in [0.4, 0.5) is 0 Å². The van der Waals surface area contributed by atoms with Gasteiger partial charge in [-0.3, -0.25) is 4.79 Å². The smallest absolute Gasteiger partial charge is 0.224 e. The van der Waals surface area contributed by atoms with E-state index >= 15 is 0 Å². The van der Waals surface area contributed by atoms with Crippen molar-refractivity contribution in [3.05, 3.63) is 54.0 Å². The molecule has 0 unspecified atom stereocenters. The van der Waals surface area contributed by atoms with Crippen molar-refractivity contribution < 1.29 is 9.32 Å². The lowest BCUT2D eigenvalue weighted by molar-refractivity contribution is -0.120. The molecule has 2 N–H and O–H groups in total. The molecule has 2 aromatic heterocycles. The number of aryl methyl sites for hydroxylation is 1. The Labute approximate surface area is 122 Å². The lowest BCUT2D eigenvalue weighted by Crippen LogP contribution is -2.26. The number of carbonyl (C=O) groups is 1. The molecule has 0 spiro atoms. The van der Waals surface area contributed by atoms with Crippen LogP contribution >= 0.6 is 0 Å². The summed E-state index contributed by atoms with van der Waals surface area (Å²) in [6, 6.07) is 8.00. The number of hydrogen-bond donors (Lipinski definition) is 2. The van der Waals surface area contributed by atoms with E-state index in [-0.39, 0.29) is 5.91 Å². The van der Waals surface area contributed by atoms with Gasteiger partial charge in [0.05, 0.1) is 12.6 Å². The highest BCUT2D eigenvalue weighted by atomic mass is 16.5. The van der Waals surface area contributed by atoms with Crippen molar-refractivity contribution in [2.75, 3.05) is 6.54 Å². The summed E-state index contributed by atoms with van der Waals surface area (Å²) in [6.45, 7) is 0.659.